The maximum atomic E-state index is 10.1. The summed E-state index contributed by atoms with van der Waals surface area (Å²) in [7, 11) is 1.62. The van der Waals surface area contributed by atoms with Crippen molar-refractivity contribution >= 4 is 5.52 Å². The number of nitrogens with zero attached hydrogens (tertiary/aromatic N) is 7. The van der Waals surface area contributed by atoms with E-state index in [0.717, 1.165) is 49.2 Å². The van der Waals surface area contributed by atoms with Crippen LogP contribution in [0.3, 0.4) is 0 Å². The van der Waals surface area contributed by atoms with E-state index < -0.39 is 5.60 Å². The number of piperidine rings is 1. The number of hydrogen-bond acceptors (Lipinski definition) is 8. The molecule has 0 spiro atoms. The Morgan fingerprint density at radius 1 is 1.19 bits per heavy atom. The predicted molar refractivity (Wildman–Crippen MR) is 137 cm³/mol. The van der Waals surface area contributed by atoms with E-state index >= 15 is 0 Å². The summed E-state index contributed by atoms with van der Waals surface area (Å²) in [5.41, 5.74) is 3.05. The molecule has 37 heavy (non-hydrogen) atoms. The van der Waals surface area contributed by atoms with Gasteiger partial charge in [-0.15, -0.1) is 0 Å². The number of rotatable bonds is 8. The average Bonchev–Trinajstić information content (AvgIpc) is 3.55. The molecule has 1 aliphatic rings. The number of ether oxygens (including phenoxy) is 2. The Hall–Kier alpha value is -3.94. The molecule has 5 rings (SSSR count). The van der Waals surface area contributed by atoms with Crippen LogP contribution in [0.4, 0.5) is 0 Å². The molecule has 4 aromatic rings. The van der Waals surface area contributed by atoms with E-state index in [1.54, 1.807) is 37.9 Å². The number of aromatic nitrogens is 5. The van der Waals surface area contributed by atoms with Gasteiger partial charge in [0.15, 0.2) is 0 Å². The third kappa shape index (κ3) is 5.58. The first kappa shape index (κ1) is 24.7. The molecule has 0 aromatic carbocycles. The molecule has 1 aliphatic heterocycles. The maximum Gasteiger partial charge on any atom is 0.212 e. The van der Waals surface area contributed by atoms with Crippen molar-refractivity contribution in [2.24, 2.45) is 0 Å². The van der Waals surface area contributed by atoms with Crippen LogP contribution in [0.1, 0.15) is 43.9 Å². The van der Waals surface area contributed by atoms with Gasteiger partial charge in [-0.25, -0.2) is 9.50 Å². The largest absolute Gasteiger partial charge is 0.489 e. The zero-order valence-corrected chi connectivity index (χ0v) is 21.3. The van der Waals surface area contributed by atoms with Crippen LogP contribution >= 0.6 is 0 Å². The van der Waals surface area contributed by atoms with Gasteiger partial charge < -0.3 is 14.6 Å². The lowest BCUT2D eigenvalue weighted by molar-refractivity contribution is 0.0283. The quantitative estimate of drug-likeness (QED) is 0.391. The Bertz CT molecular complexity index is 1410. The Morgan fingerprint density at radius 2 is 2.05 bits per heavy atom. The minimum atomic E-state index is -0.976. The highest BCUT2D eigenvalue weighted by atomic mass is 16.5. The highest BCUT2D eigenvalue weighted by molar-refractivity contribution is 5.84. The number of nitriles is 1. The molecule has 10 nitrogen and oxygen atoms in total. The molecule has 1 atom stereocenters. The summed E-state index contributed by atoms with van der Waals surface area (Å²) < 4.78 is 14.7. The third-order valence-electron chi connectivity index (χ3n) is 6.48. The Balaban J connectivity index is 1.38. The number of aliphatic hydroxyl groups is 1. The molecule has 0 aliphatic carbocycles. The molecule has 4 aromatic heterocycles. The summed E-state index contributed by atoms with van der Waals surface area (Å²) in [6.45, 7) is 6.25. The first-order valence-corrected chi connectivity index (χ1v) is 12.4. The lowest BCUT2D eigenvalue weighted by Gasteiger charge is -2.32. The fourth-order valence-corrected chi connectivity index (χ4v) is 4.69. The van der Waals surface area contributed by atoms with E-state index in [1.165, 1.54) is 0 Å². The van der Waals surface area contributed by atoms with Crippen molar-refractivity contribution in [1.82, 2.24) is 29.3 Å². The van der Waals surface area contributed by atoms with Crippen LogP contribution in [0.15, 0.2) is 49.2 Å². The van der Waals surface area contributed by atoms with Gasteiger partial charge in [-0.1, -0.05) is 6.07 Å². The molecule has 0 unspecified atom stereocenters. The van der Waals surface area contributed by atoms with Crippen molar-refractivity contribution < 1.29 is 14.6 Å². The van der Waals surface area contributed by atoms with E-state index in [4.69, 9.17) is 14.6 Å². The van der Waals surface area contributed by atoms with Crippen LogP contribution in [-0.2, 0) is 6.54 Å². The smallest absolute Gasteiger partial charge is 0.212 e. The summed E-state index contributed by atoms with van der Waals surface area (Å²) in [5.74, 6) is 1.17. The maximum absolute atomic E-state index is 10.1. The van der Waals surface area contributed by atoms with Crippen LogP contribution < -0.4 is 9.47 Å². The average molecular weight is 502 g/mol. The monoisotopic (exact) mass is 501 g/mol. The van der Waals surface area contributed by atoms with Gasteiger partial charge in [0.1, 0.15) is 18.4 Å². The molecule has 0 saturated carbocycles. The standard InChI is InChI=1S/C27H31N7O3/c1-27(2,35)18-37-23-9-24(26-20(10-28)12-31-34(26)17-23)21-13-30-33(15-21)22-5-4-8-32(16-22)14-19-6-7-25(36-3)29-11-19/h6-7,9,11-13,15,17,22,35H,4-5,8,14,16,18H2,1-3H3/t22-/m1/s1. The van der Waals surface area contributed by atoms with Gasteiger partial charge in [0, 0.05) is 42.7 Å². The van der Waals surface area contributed by atoms with Crippen molar-refractivity contribution in [3.63, 3.8) is 0 Å². The summed E-state index contributed by atoms with van der Waals surface area (Å²) in [4.78, 5) is 6.75. The minimum absolute atomic E-state index is 0.130. The van der Waals surface area contributed by atoms with E-state index in [1.807, 2.05) is 35.4 Å². The lowest BCUT2D eigenvalue weighted by atomic mass is 10.0. The van der Waals surface area contributed by atoms with Gasteiger partial charge in [-0.3, -0.25) is 9.58 Å². The van der Waals surface area contributed by atoms with Gasteiger partial charge in [0.05, 0.1) is 48.4 Å². The summed E-state index contributed by atoms with van der Waals surface area (Å²) in [6.07, 6.45) is 11.1. The number of pyridine rings is 2. The minimum Gasteiger partial charge on any atom is -0.489 e. The highest BCUT2D eigenvalue weighted by Gasteiger charge is 2.23. The van der Waals surface area contributed by atoms with Gasteiger partial charge in [-0.2, -0.15) is 15.5 Å². The van der Waals surface area contributed by atoms with Crippen LogP contribution in [0.5, 0.6) is 11.6 Å². The van der Waals surface area contributed by atoms with Crippen LogP contribution in [-0.4, -0.2) is 66.8 Å². The summed E-state index contributed by atoms with van der Waals surface area (Å²) in [5, 5.41) is 28.8. The van der Waals surface area contributed by atoms with Crippen LogP contribution in [0, 0.1) is 11.3 Å². The van der Waals surface area contributed by atoms with Crippen molar-refractivity contribution in [3.8, 4) is 28.8 Å². The topological polar surface area (TPSA) is 114 Å². The van der Waals surface area contributed by atoms with Crippen molar-refractivity contribution in [2.45, 2.75) is 44.9 Å². The first-order chi connectivity index (χ1) is 17.8. The molecule has 10 heteroatoms. The molecular formula is C27H31N7O3. The van der Waals surface area contributed by atoms with Crippen molar-refractivity contribution in [3.05, 3.63) is 60.3 Å². The first-order valence-electron chi connectivity index (χ1n) is 12.4. The molecule has 0 radical (unpaired) electrons. The summed E-state index contributed by atoms with van der Waals surface area (Å²) >= 11 is 0. The molecular weight excluding hydrogens is 470 g/mol. The van der Waals surface area contributed by atoms with Crippen LogP contribution in [0.25, 0.3) is 16.6 Å². The number of likely N-dealkylation sites (tertiary alicyclic amines) is 1. The summed E-state index contributed by atoms with van der Waals surface area (Å²) in [6, 6.07) is 8.30. The van der Waals surface area contributed by atoms with Gasteiger partial charge in [-0.05, 0) is 44.9 Å². The fourth-order valence-electron chi connectivity index (χ4n) is 4.69. The zero-order chi connectivity index (χ0) is 26.0. The molecule has 0 amide bonds. The Morgan fingerprint density at radius 3 is 2.78 bits per heavy atom. The molecule has 5 heterocycles. The fraction of sp³-hybridized carbons (Fsp3) is 0.407. The van der Waals surface area contributed by atoms with E-state index in [2.05, 4.69) is 27.1 Å². The van der Waals surface area contributed by atoms with E-state index in [-0.39, 0.29) is 12.6 Å². The Labute approximate surface area is 215 Å². The number of fused-ring (bicyclic) bond motifs is 1. The number of hydrogen-bond donors (Lipinski definition) is 1. The second-order valence-corrected chi connectivity index (χ2v) is 10.1. The lowest BCUT2D eigenvalue weighted by Crippen LogP contribution is -2.36. The molecule has 192 valence electrons. The predicted octanol–water partition coefficient (Wildman–Crippen LogP) is 3.46. The normalized spacial score (nSPS) is 16.6. The third-order valence-corrected chi connectivity index (χ3v) is 6.48. The molecule has 0 bridgehead atoms. The molecule has 1 N–H and O–H groups in total. The van der Waals surface area contributed by atoms with Gasteiger partial charge in [0.25, 0.3) is 0 Å². The van der Waals surface area contributed by atoms with Gasteiger partial charge >= 0.3 is 0 Å². The zero-order valence-electron chi connectivity index (χ0n) is 21.3. The van der Waals surface area contributed by atoms with E-state index in [9.17, 15) is 10.4 Å². The molecule has 1 saturated heterocycles. The van der Waals surface area contributed by atoms with Crippen molar-refractivity contribution in [2.75, 3.05) is 26.8 Å². The second-order valence-electron chi connectivity index (χ2n) is 10.1. The highest BCUT2D eigenvalue weighted by Crippen LogP contribution is 2.32. The molecule has 1 fully saturated rings. The van der Waals surface area contributed by atoms with Crippen LogP contribution in [0.2, 0.25) is 0 Å². The number of methoxy groups -OCH3 is 1. The van der Waals surface area contributed by atoms with Gasteiger partial charge in [0.2, 0.25) is 5.88 Å². The Kier molecular flexibility index (Phi) is 6.82. The SMILES string of the molecule is COc1ccc(CN2CCC[C@@H](n3cc(-c4cc(OCC(C)(C)O)cn5ncc(C#N)c45)cn3)C2)cn1. The second kappa shape index (κ2) is 10.2. The van der Waals surface area contributed by atoms with Crippen molar-refractivity contribution in [1.29, 1.82) is 5.26 Å². The van der Waals surface area contributed by atoms with E-state index in [0.29, 0.717) is 22.7 Å².